The summed E-state index contributed by atoms with van der Waals surface area (Å²) in [5, 5.41) is 9.28. The third-order valence-corrected chi connectivity index (χ3v) is 3.56. The van der Waals surface area contributed by atoms with Crippen molar-refractivity contribution in [3.8, 4) is 11.3 Å². The van der Waals surface area contributed by atoms with E-state index in [-0.39, 0.29) is 29.9 Å². The highest BCUT2D eigenvalue weighted by Gasteiger charge is 2.11. The Morgan fingerprint density at radius 2 is 2.04 bits per heavy atom. The van der Waals surface area contributed by atoms with Crippen molar-refractivity contribution in [2.45, 2.75) is 26.3 Å². The quantitative estimate of drug-likeness (QED) is 0.738. The zero-order valence-electron chi connectivity index (χ0n) is 13.9. The highest BCUT2D eigenvalue weighted by molar-refractivity contribution is 5.88. The number of aromatic amines is 1. The van der Waals surface area contributed by atoms with Gasteiger partial charge in [-0.2, -0.15) is 4.98 Å². The molecule has 1 aromatic carbocycles. The summed E-state index contributed by atoms with van der Waals surface area (Å²) in [6.45, 7) is 3.79. The highest BCUT2D eigenvalue weighted by atomic mass is 16.2. The van der Waals surface area contributed by atoms with E-state index in [0.717, 1.165) is 5.56 Å². The average molecular weight is 338 g/mol. The van der Waals surface area contributed by atoms with Crippen molar-refractivity contribution in [1.29, 1.82) is 0 Å². The number of amides is 1. The standard InChI is InChI=1S/C17H18N6O2/c1-11(2)16-20-17(22-21-16)19-14(24)10-23-9-13(18-8-15(23)25)12-6-4-3-5-7-12/h3-9,11H,10H2,1-2H3,(H2,19,20,21,22,24). The molecule has 8 nitrogen and oxygen atoms in total. The van der Waals surface area contributed by atoms with E-state index in [1.54, 1.807) is 6.20 Å². The van der Waals surface area contributed by atoms with E-state index in [1.807, 2.05) is 44.2 Å². The minimum Gasteiger partial charge on any atom is -0.303 e. The van der Waals surface area contributed by atoms with Crippen LogP contribution in [0, 0.1) is 0 Å². The Labute approximate surface area is 144 Å². The SMILES string of the molecule is CC(C)c1nc(NC(=O)Cn2cc(-c3ccccc3)ncc2=O)n[nH]1. The summed E-state index contributed by atoms with van der Waals surface area (Å²) in [6, 6.07) is 9.44. The summed E-state index contributed by atoms with van der Waals surface area (Å²) in [5.41, 5.74) is 1.13. The molecule has 3 rings (SSSR count). The highest BCUT2D eigenvalue weighted by Crippen LogP contribution is 2.14. The fraction of sp³-hybridized carbons (Fsp3) is 0.235. The first-order valence-corrected chi connectivity index (χ1v) is 7.87. The lowest BCUT2D eigenvalue weighted by Gasteiger charge is -2.07. The molecule has 0 aliphatic carbocycles. The molecule has 0 saturated heterocycles. The van der Waals surface area contributed by atoms with Gasteiger partial charge in [-0.25, -0.2) is 4.98 Å². The van der Waals surface area contributed by atoms with Crippen LogP contribution in [0.25, 0.3) is 11.3 Å². The van der Waals surface area contributed by atoms with Gasteiger partial charge in [0.25, 0.3) is 5.56 Å². The molecule has 0 radical (unpaired) electrons. The Hall–Kier alpha value is -3.29. The molecular formula is C17H18N6O2. The van der Waals surface area contributed by atoms with Gasteiger partial charge in [0.1, 0.15) is 12.4 Å². The number of nitrogens with one attached hydrogen (secondary N) is 2. The molecule has 2 aromatic heterocycles. The van der Waals surface area contributed by atoms with E-state index < -0.39 is 0 Å². The number of H-pyrrole nitrogens is 1. The molecule has 128 valence electrons. The second kappa shape index (κ2) is 7.08. The molecule has 0 bridgehead atoms. The summed E-state index contributed by atoms with van der Waals surface area (Å²) < 4.78 is 1.31. The lowest BCUT2D eigenvalue weighted by atomic mass is 10.2. The molecule has 0 spiro atoms. The van der Waals surface area contributed by atoms with Gasteiger partial charge >= 0.3 is 0 Å². The Balaban J connectivity index is 1.75. The summed E-state index contributed by atoms with van der Waals surface area (Å²) >= 11 is 0. The number of carbonyl (C=O) groups is 1. The van der Waals surface area contributed by atoms with E-state index in [1.165, 1.54) is 10.8 Å². The summed E-state index contributed by atoms with van der Waals surface area (Å²) in [5.74, 6) is 0.665. The Bertz CT molecular complexity index is 930. The summed E-state index contributed by atoms with van der Waals surface area (Å²) in [7, 11) is 0. The first kappa shape index (κ1) is 16.6. The number of nitrogens with zero attached hydrogens (tertiary/aromatic N) is 4. The first-order chi connectivity index (χ1) is 12.0. The third-order valence-electron chi connectivity index (χ3n) is 3.56. The van der Waals surface area contributed by atoms with Crippen LogP contribution >= 0.6 is 0 Å². The van der Waals surface area contributed by atoms with Gasteiger partial charge in [0, 0.05) is 17.7 Å². The lowest BCUT2D eigenvalue weighted by molar-refractivity contribution is -0.116. The van der Waals surface area contributed by atoms with Crippen LogP contribution in [-0.4, -0.2) is 30.6 Å². The zero-order chi connectivity index (χ0) is 17.8. The summed E-state index contributed by atoms with van der Waals surface area (Å²) in [4.78, 5) is 32.5. The van der Waals surface area contributed by atoms with Gasteiger partial charge in [0.2, 0.25) is 11.9 Å². The van der Waals surface area contributed by atoms with Crippen LogP contribution in [0.15, 0.2) is 47.5 Å². The maximum atomic E-state index is 12.2. The first-order valence-electron chi connectivity index (χ1n) is 7.87. The van der Waals surface area contributed by atoms with Gasteiger partial charge in [-0.1, -0.05) is 44.2 Å². The Morgan fingerprint density at radius 3 is 2.72 bits per heavy atom. The predicted octanol–water partition coefficient (Wildman–Crippen LogP) is 1.79. The largest absolute Gasteiger partial charge is 0.303 e. The van der Waals surface area contributed by atoms with E-state index in [4.69, 9.17) is 0 Å². The van der Waals surface area contributed by atoms with Gasteiger partial charge < -0.3 is 4.57 Å². The molecule has 0 fully saturated rings. The van der Waals surface area contributed by atoms with E-state index in [0.29, 0.717) is 11.5 Å². The van der Waals surface area contributed by atoms with Crippen molar-refractivity contribution in [2.75, 3.05) is 5.32 Å². The molecule has 3 aromatic rings. The average Bonchev–Trinajstić information content (AvgIpc) is 3.06. The van der Waals surface area contributed by atoms with Gasteiger partial charge in [-0.3, -0.25) is 20.0 Å². The molecule has 1 amide bonds. The van der Waals surface area contributed by atoms with Crippen LogP contribution in [0.1, 0.15) is 25.6 Å². The van der Waals surface area contributed by atoms with Gasteiger partial charge in [-0.15, -0.1) is 5.10 Å². The fourth-order valence-electron chi connectivity index (χ4n) is 2.23. The van der Waals surface area contributed by atoms with Crippen molar-refractivity contribution in [3.63, 3.8) is 0 Å². The van der Waals surface area contributed by atoms with Crippen molar-refractivity contribution in [3.05, 3.63) is 58.9 Å². The van der Waals surface area contributed by atoms with E-state index in [2.05, 4.69) is 25.5 Å². The second-order valence-electron chi connectivity index (χ2n) is 5.85. The van der Waals surface area contributed by atoms with Crippen LogP contribution < -0.4 is 10.9 Å². The van der Waals surface area contributed by atoms with Crippen molar-refractivity contribution >= 4 is 11.9 Å². The monoisotopic (exact) mass is 338 g/mol. The number of anilines is 1. The molecule has 2 heterocycles. The van der Waals surface area contributed by atoms with E-state index in [9.17, 15) is 9.59 Å². The lowest BCUT2D eigenvalue weighted by Crippen LogP contribution is -2.27. The molecule has 25 heavy (non-hydrogen) atoms. The van der Waals surface area contributed by atoms with Crippen LogP contribution in [0.5, 0.6) is 0 Å². The van der Waals surface area contributed by atoms with Crippen molar-refractivity contribution in [1.82, 2.24) is 24.7 Å². The zero-order valence-corrected chi connectivity index (χ0v) is 13.9. The summed E-state index contributed by atoms with van der Waals surface area (Å²) in [6.07, 6.45) is 2.77. The van der Waals surface area contributed by atoms with Crippen molar-refractivity contribution in [2.24, 2.45) is 0 Å². The number of carbonyl (C=O) groups excluding carboxylic acids is 1. The molecule has 2 N–H and O–H groups in total. The van der Waals surface area contributed by atoms with Gasteiger partial charge in [0.05, 0.1) is 11.9 Å². The normalized spacial score (nSPS) is 10.8. The number of hydrogen-bond donors (Lipinski definition) is 2. The minimum absolute atomic E-state index is 0.146. The van der Waals surface area contributed by atoms with Gasteiger partial charge in [-0.05, 0) is 0 Å². The van der Waals surface area contributed by atoms with E-state index >= 15 is 0 Å². The van der Waals surface area contributed by atoms with Crippen LogP contribution in [0.3, 0.4) is 0 Å². The second-order valence-corrected chi connectivity index (χ2v) is 5.85. The van der Waals surface area contributed by atoms with Crippen LogP contribution in [-0.2, 0) is 11.3 Å². The Morgan fingerprint density at radius 1 is 1.28 bits per heavy atom. The van der Waals surface area contributed by atoms with Crippen LogP contribution in [0.2, 0.25) is 0 Å². The molecule has 8 heteroatoms. The molecule has 0 atom stereocenters. The number of hydrogen-bond acceptors (Lipinski definition) is 5. The topological polar surface area (TPSA) is 106 Å². The minimum atomic E-state index is -0.387. The molecule has 0 unspecified atom stereocenters. The third kappa shape index (κ3) is 3.97. The smallest absolute Gasteiger partial charge is 0.269 e. The van der Waals surface area contributed by atoms with Crippen molar-refractivity contribution < 1.29 is 4.79 Å². The maximum Gasteiger partial charge on any atom is 0.269 e. The molecule has 0 aliphatic rings. The maximum absolute atomic E-state index is 12.2. The molecule has 0 saturated carbocycles. The molecular weight excluding hydrogens is 320 g/mol. The number of rotatable bonds is 5. The Kier molecular flexibility index (Phi) is 4.69. The fourth-order valence-corrected chi connectivity index (χ4v) is 2.23. The van der Waals surface area contributed by atoms with Crippen LogP contribution in [0.4, 0.5) is 5.95 Å². The predicted molar refractivity (Wildman–Crippen MR) is 93.0 cm³/mol. The number of benzene rings is 1. The number of aromatic nitrogens is 5. The van der Waals surface area contributed by atoms with Gasteiger partial charge in [0.15, 0.2) is 0 Å². The molecule has 0 aliphatic heterocycles.